The third kappa shape index (κ3) is 2.54. The van der Waals surface area contributed by atoms with E-state index >= 15 is 0 Å². The zero-order chi connectivity index (χ0) is 12.3. The van der Waals surface area contributed by atoms with Crippen LogP contribution in [0.4, 0.5) is 5.95 Å². The Bertz CT molecular complexity index is 531. The first-order valence-electron chi connectivity index (χ1n) is 4.94. The molecule has 1 amide bonds. The van der Waals surface area contributed by atoms with E-state index < -0.39 is 11.7 Å². The van der Waals surface area contributed by atoms with Gasteiger partial charge in [0.2, 0.25) is 5.95 Å². The van der Waals surface area contributed by atoms with Gasteiger partial charge in [0.15, 0.2) is 0 Å². The number of aromatic amines is 1. The first-order chi connectivity index (χ1) is 8.16. The number of anilines is 1. The fourth-order valence-electron chi connectivity index (χ4n) is 1.27. The highest BCUT2D eigenvalue weighted by atomic mass is 16.2. The molecule has 2 rings (SSSR count). The standard InChI is InChI=1S/C11H10N4O2/c1-7-2-4-8(5-3-7)9(16)10(17)14-11-12-6-13-15-11/h2-6H,1H3,(H2,12,13,14,15,17). The second kappa shape index (κ2) is 4.56. The minimum atomic E-state index is -0.745. The lowest BCUT2D eigenvalue weighted by Crippen LogP contribution is -2.23. The number of rotatable bonds is 3. The third-order valence-electron chi connectivity index (χ3n) is 2.17. The second-order valence-electron chi connectivity index (χ2n) is 3.48. The largest absolute Gasteiger partial charge is 0.299 e. The maximum absolute atomic E-state index is 11.7. The minimum absolute atomic E-state index is 0.149. The van der Waals surface area contributed by atoms with Crippen LogP contribution in [0.25, 0.3) is 0 Å². The molecule has 6 nitrogen and oxygen atoms in total. The van der Waals surface area contributed by atoms with Crippen LogP contribution in [0.3, 0.4) is 0 Å². The summed E-state index contributed by atoms with van der Waals surface area (Å²) >= 11 is 0. The lowest BCUT2D eigenvalue weighted by Gasteiger charge is -2.01. The van der Waals surface area contributed by atoms with Crippen molar-refractivity contribution in [1.82, 2.24) is 15.2 Å². The van der Waals surface area contributed by atoms with E-state index in [9.17, 15) is 9.59 Å². The molecule has 0 atom stereocenters. The number of H-pyrrole nitrogens is 1. The van der Waals surface area contributed by atoms with Crippen molar-refractivity contribution in [3.05, 3.63) is 41.7 Å². The molecule has 17 heavy (non-hydrogen) atoms. The SMILES string of the molecule is Cc1ccc(C(=O)C(=O)Nc2ncn[nH]2)cc1. The van der Waals surface area contributed by atoms with Crippen LogP contribution in [0.5, 0.6) is 0 Å². The Morgan fingerprint density at radius 1 is 1.24 bits per heavy atom. The summed E-state index contributed by atoms with van der Waals surface area (Å²) in [7, 11) is 0. The number of nitrogens with zero attached hydrogens (tertiary/aromatic N) is 2. The van der Waals surface area contributed by atoms with Gasteiger partial charge < -0.3 is 0 Å². The van der Waals surface area contributed by atoms with E-state index in [1.807, 2.05) is 6.92 Å². The lowest BCUT2D eigenvalue weighted by atomic mass is 10.1. The molecule has 0 saturated carbocycles. The smallest absolute Gasteiger partial charge is 0.288 e. The normalized spacial score (nSPS) is 9.94. The Labute approximate surface area is 97.1 Å². The molecule has 0 aliphatic rings. The van der Waals surface area contributed by atoms with Crippen molar-refractivity contribution in [2.24, 2.45) is 0 Å². The summed E-state index contributed by atoms with van der Waals surface area (Å²) in [6, 6.07) is 6.76. The Morgan fingerprint density at radius 2 is 1.94 bits per heavy atom. The van der Waals surface area contributed by atoms with E-state index in [-0.39, 0.29) is 5.95 Å². The number of ketones is 1. The third-order valence-corrected chi connectivity index (χ3v) is 2.17. The van der Waals surface area contributed by atoms with E-state index in [0.717, 1.165) is 5.56 Å². The molecule has 0 radical (unpaired) electrons. The van der Waals surface area contributed by atoms with Gasteiger partial charge >= 0.3 is 0 Å². The van der Waals surface area contributed by atoms with Crippen molar-refractivity contribution >= 4 is 17.6 Å². The van der Waals surface area contributed by atoms with Crippen LogP contribution in [-0.2, 0) is 4.79 Å². The summed E-state index contributed by atoms with van der Waals surface area (Å²) in [5.41, 5.74) is 1.37. The van der Waals surface area contributed by atoms with Crippen LogP contribution in [0.2, 0.25) is 0 Å². The van der Waals surface area contributed by atoms with Crippen LogP contribution in [0.15, 0.2) is 30.6 Å². The van der Waals surface area contributed by atoms with Crippen molar-refractivity contribution in [1.29, 1.82) is 0 Å². The summed E-state index contributed by atoms with van der Waals surface area (Å²) in [4.78, 5) is 27.0. The Balaban J connectivity index is 2.10. The van der Waals surface area contributed by atoms with E-state index in [2.05, 4.69) is 20.5 Å². The molecule has 0 bridgehead atoms. The highest BCUT2D eigenvalue weighted by molar-refractivity contribution is 6.46. The van der Waals surface area contributed by atoms with Crippen LogP contribution in [-0.4, -0.2) is 26.9 Å². The van der Waals surface area contributed by atoms with Crippen LogP contribution in [0.1, 0.15) is 15.9 Å². The Morgan fingerprint density at radius 3 is 2.53 bits per heavy atom. The van der Waals surface area contributed by atoms with Gasteiger partial charge in [-0.1, -0.05) is 29.8 Å². The number of benzene rings is 1. The first kappa shape index (κ1) is 11.0. The van der Waals surface area contributed by atoms with Gasteiger partial charge in [-0.15, -0.1) is 0 Å². The molecule has 0 aliphatic heterocycles. The molecular formula is C11H10N4O2. The van der Waals surface area contributed by atoms with E-state index in [0.29, 0.717) is 5.56 Å². The van der Waals surface area contributed by atoms with Gasteiger partial charge in [0.05, 0.1) is 0 Å². The highest BCUT2D eigenvalue weighted by Gasteiger charge is 2.16. The zero-order valence-corrected chi connectivity index (χ0v) is 9.10. The first-order valence-corrected chi connectivity index (χ1v) is 4.94. The summed E-state index contributed by atoms with van der Waals surface area (Å²) in [5, 5.41) is 8.31. The number of hydrogen-bond donors (Lipinski definition) is 2. The second-order valence-corrected chi connectivity index (χ2v) is 3.48. The molecule has 1 aromatic heterocycles. The predicted octanol–water partition coefficient (Wildman–Crippen LogP) is 0.935. The molecular weight excluding hydrogens is 220 g/mol. The molecule has 2 aromatic rings. The highest BCUT2D eigenvalue weighted by Crippen LogP contribution is 2.05. The molecule has 86 valence electrons. The molecule has 1 heterocycles. The summed E-state index contributed by atoms with van der Waals surface area (Å²) < 4.78 is 0. The number of aromatic nitrogens is 3. The van der Waals surface area contributed by atoms with Crippen molar-refractivity contribution in [3.8, 4) is 0 Å². The predicted molar refractivity (Wildman–Crippen MR) is 60.5 cm³/mol. The molecule has 2 N–H and O–H groups in total. The molecule has 0 saturated heterocycles. The lowest BCUT2D eigenvalue weighted by molar-refractivity contribution is -0.112. The van der Waals surface area contributed by atoms with Crippen LogP contribution < -0.4 is 5.32 Å². The quantitative estimate of drug-likeness (QED) is 0.606. The molecule has 1 aromatic carbocycles. The number of nitrogens with one attached hydrogen (secondary N) is 2. The Hall–Kier alpha value is -2.50. The maximum atomic E-state index is 11.7. The van der Waals surface area contributed by atoms with E-state index in [1.165, 1.54) is 6.33 Å². The topological polar surface area (TPSA) is 87.7 Å². The summed E-state index contributed by atoms with van der Waals surface area (Å²) in [5.74, 6) is -1.21. The van der Waals surface area contributed by atoms with Gasteiger partial charge in [0, 0.05) is 5.56 Å². The van der Waals surface area contributed by atoms with Crippen molar-refractivity contribution in [3.63, 3.8) is 0 Å². The number of aryl methyl sites for hydroxylation is 1. The van der Waals surface area contributed by atoms with Crippen LogP contribution >= 0.6 is 0 Å². The zero-order valence-electron chi connectivity index (χ0n) is 9.10. The average Bonchev–Trinajstić information content (AvgIpc) is 2.82. The van der Waals surface area contributed by atoms with Crippen molar-refractivity contribution in [2.75, 3.05) is 5.32 Å². The number of hydrogen-bond acceptors (Lipinski definition) is 4. The monoisotopic (exact) mass is 230 g/mol. The van der Waals surface area contributed by atoms with E-state index in [1.54, 1.807) is 24.3 Å². The van der Waals surface area contributed by atoms with Gasteiger partial charge in [-0.3, -0.25) is 14.9 Å². The summed E-state index contributed by atoms with van der Waals surface area (Å²) in [6.45, 7) is 1.91. The minimum Gasteiger partial charge on any atom is -0.288 e. The summed E-state index contributed by atoms with van der Waals surface area (Å²) in [6.07, 6.45) is 1.24. The number of carbonyl (C=O) groups excluding carboxylic acids is 2. The molecule has 0 fully saturated rings. The number of carbonyl (C=O) groups is 2. The average molecular weight is 230 g/mol. The van der Waals surface area contributed by atoms with E-state index in [4.69, 9.17) is 0 Å². The molecule has 6 heteroatoms. The van der Waals surface area contributed by atoms with Crippen LogP contribution in [0, 0.1) is 6.92 Å². The maximum Gasteiger partial charge on any atom is 0.299 e. The number of amides is 1. The molecule has 0 aliphatic carbocycles. The van der Waals surface area contributed by atoms with Gasteiger partial charge in [-0.25, -0.2) is 5.10 Å². The molecule has 0 unspecified atom stereocenters. The van der Waals surface area contributed by atoms with Crippen molar-refractivity contribution in [2.45, 2.75) is 6.92 Å². The fourth-order valence-corrected chi connectivity index (χ4v) is 1.27. The fraction of sp³-hybridized carbons (Fsp3) is 0.0909. The van der Waals surface area contributed by atoms with Gasteiger partial charge in [0.1, 0.15) is 6.33 Å². The van der Waals surface area contributed by atoms with Crippen molar-refractivity contribution < 1.29 is 9.59 Å². The van der Waals surface area contributed by atoms with Gasteiger partial charge in [-0.05, 0) is 6.92 Å². The Kier molecular flexibility index (Phi) is 2.95. The van der Waals surface area contributed by atoms with Gasteiger partial charge in [-0.2, -0.15) is 10.1 Å². The number of Topliss-reactive ketones (excluding diaryl/α,β-unsaturated/α-hetero) is 1. The van der Waals surface area contributed by atoms with Gasteiger partial charge in [0.25, 0.3) is 11.7 Å². The molecule has 0 spiro atoms.